The number of carbonyl (C=O) groups is 1. The minimum Gasteiger partial charge on any atom is -0.497 e. The molecule has 0 unspecified atom stereocenters. The zero-order valence-corrected chi connectivity index (χ0v) is 8.56. The maximum Gasteiger partial charge on any atom is 0.418 e. The fourth-order valence-electron chi connectivity index (χ4n) is 1.51. The fourth-order valence-corrected chi connectivity index (χ4v) is 1.51. The first-order valence-electron chi connectivity index (χ1n) is 4.49. The monoisotopic (exact) mass is 205 g/mol. The van der Waals surface area contributed by atoms with E-state index in [4.69, 9.17) is 4.74 Å². The quantitative estimate of drug-likeness (QED) is 0.717. The number of fused-ring (bicyclic) bond motifs is 1. The van der Waals surface area contributed by atoms with Gasteiger partial charge in [0, 0.05) is 11.6 Å². The van der Waals surface area contributed by atoms with Crippen LogP contribution < -0.4 is 4.74 Å². The number of benzene rings is 1. The Kier molecular flexibility index (Phi) is 2.33. The van der Waals surface area contributed by atoms with Crippen molar-refractivity contribution >= 4 is 17.0 Å². The second kappa shape index (κ2) is 3.65. The van der Waals surface area contributed by atoms with Crippen molar-refractivity contribution in [3.8, 4) is 5.75 Å². The molecule has 78 valence electrons. The van der Waals surface area contributed by atoms with E-state index in [1.165, 1.54) is 11.7 Å². The van der Waals surface area contributed by atoms with Gasteiger partial charge < -0.3 is 9.47 Å². The number of aromatic nitrogens is 1. The molecule has 0 aliphatic rings. The van der Waals surface area contributed by atoms with Crippen LogP contribution in [0.4, 0.5) is 4.79 Å². The summed E-state index contributed by atoms with van der Waals surface area (Å²) in [6.45, 7) is 0. The number of hydrogen-bond donors (Lipinski definition) is 0. The van der Waals surface area contributed by atoms with Gasteiger partial charge in [0.1, 0.15) is 5.75 Å². The lowest BCUT2D eigenvalue weighted by atomic mass is 10.2. The normalized spacial score (nSPS) is 10.3. The van der Waals surface area contributed by atoms with Gasteiger partial charge in [-0.3, -0.25) is 4.57 Å². The molecule has 2 aromatic rings. The standard InChI is InChI=1S/C11H11NO3/c1-14-9-3-4-10-8(7-9)5-6-12(10)11(13)15-2/h3-7H,1-2H3. The predicted octanol–water partition coefficient (Wildman–Crippen LogP) is 2.26. The number of carbonyl (C=O) groups excluding carboxylic acids is 1. The van der Waals surface area contributed by atoms with E-state index in [2.05, 4.69) is 4.74 Å². The summed E-state index contributed by atoms with van der Waals surface area (Å²) in [6.07, 6.45) is 1.28. The summed E-state index contributed by atoms with van der Waals surface area (Å²) in [5, 5.41) is 0.944. The van der Waals surface area contributed by atoms with Crippen molar-refractivity contribution in [2.24, 2.45) is 0 Å². The molecule has 0 saturated heterocycles. The largest absolute Gasteiger partial charge is 0.497 e. The minimum atomic E-state index is -0.393. The highest BCUT2D eigenvalue weighted by atomic mass is 16.5. The topological polar surface area (TPSA) is 40.5 Å². The molecule has 0 spiro atoms. The highest BCUT2D eigenvalue weighted by molar-refractivity contribution is 5.90. The molecule has 0 N–H and O–H groups in total. The molecular weight excluding hydrogens is 194 g/mol. The van der Waals surface area contributed by atoms with Crippen LogP contribution >= 0.6 is 0 Å². The van der Waals surface area contributed by atoms with Crippen LogP contribution in [0.2, 0.25) is 0 Å². The second-order valence-corrected chi connectivity index (χ2v) is 3.08. The summed E-state index contributed by atoms with van der Waals surface area (Å²) in [5.74, 6) is 0.769. The van der Waals surface area contributed by atoms with Gasteiger partial charge in [-0.25, -0.2) is 4.79 Å². The average Bonchev–Trinajstić information content (AvgIpc) is 2.70. The molecule has 1 heterocycles. The number of hydrogen-bond acceptors (Lipinski definition) is 3. The Morgan fingerprint density at radius 2 is 2.07 bits per heavy atom. The van der Waals surface area contributed by atoms with Gasteiger partial charge in [0.2, 0.25) is 0 Å². The summed E-state index contributed by atoms with van der Waals surface area (Å²) in [6, 6.07) is 7.34. The fraction of sp³-hybridized carbons (Fsp3) is 0.182. The molecule has 1 aromatic carbocycles. The zero-order chi connectivity index (χ0) is 10.8. The molecule has 0 atom stereocenters. The summed E-state index contributed by atoms with van der Waals surface area (Å²) in [5.41, 5.74) is 0.808. The van der Waals surface area contributed by atoms with Crippen LogP contribution in [0.5, 0.6) is 5.75 Å². The summed E-state index contributed by atoms with van der Waals surface area (Å²) in [7, 11) is 2.97. The van der Waals surface area contributed by atoms with Crippen molar-refractivity contribution in [2.75, 3.05) is 14.2 Å². The number of ether oxygens (including phenoxy) is 2. The van der Waals surface area contributed by atoms with Crippen LogP contribution in [-0.4, -0.2) is 24.9 Å². The van der Waals surface area contributed by atoms with Crippen molar-refractivity contribution in [1.29, 1.82) is 0 Å². The molecule has 0 aliphatic carbocycles. The molecule has 2 rings (SSSR count). The van der Waals surface area contributed by atoms with E-state index in [1.54, 1.807) is 13.3 Å². The lowest BCUT2D eigenvalue weighted by molar-refractivity contribution is 0.174. The first-order valence-corrected chi connectivity index (χ1v) is 4.49. The third-order valence-electron chi connectivity index (χ3n) is 2.27. The van der Waals surface area contributed by atoms with Crippen molar-refractivity contribution in [3.63, 3.8) is 0 Å². The Morgan fingerprint density at radius 1 is 1.27 bits per heavy atom. The van der Waals surface area contributed by atoms with Gasteiger partial charge in [0.15, 0.2) is 0 Å². The molecule has 0 bridgehead atoms. The van der Waals surface area contributed by atoms with Gasteiger partial charge >= 0.3 is 6.09 Å². The predicted molar refractivity (Wildman–Crippen MR) is 56.3 cm³/mol. The van der Waals surface area contributed by atoms with Crippen LogP contribution in [0.15, 0.2) is 30.5 Å². The Morgan fingerprint density at radius 3 is 2.73 bits per heavy atom. The zero-order valence-electron chi connectivity index (χ0n) is 8.56. The van der Waals surface area contributed by atoms with Crippen LogP contribution in [0.25, 0.3) is 10.9 Å². The van der Waals surface area contributed by atoms with Gasteiger partial charge in [-0.15, -0.1) is 0 Å². The number of nitrogens with zero attached hydrogens (tertiary/aromatic N) is 1. The van der Waals surface area contributed by atoms with Gasteiger partial charge in [-0.1, -0.05) is 0 Å². The third kappa shape index (κ3) is 1.54. The van der Waals surface area contributed by atoms with Crippen LogP contribution in [0, 0.1) is 0 Å². The van der Waals surface area contributed by atoms with Gasteiger partial charge in [-0.05, 0) is 24.3 Å². The van der Waals surface area contributed by atoms with E-state index in [1.807, 2.05) is 24.3 Å². The first kappa shape index (κ1) is 9.58. The van der Waals surface area contributed by atoms with Gasteiger partial charge in [0.25, 0.3) is 0 Å². The molecule has 0 amide bonds. The average molecular weight is 205 g/mol. The van der Waals surface area contributed by atoms with E-state index >= 15 is 0 Å². The van der Waals surface area contributed by atoms with E-state index in [0.29, 0.717) is 0 Å². The lowest BCUT2D eigenvalue weighted by Crippen LogP contribution is -2.09. The van der Waals surface area contributed by atoms with Crippen molar-refractivity contribution in [1.82, 2.24) is 4.57 Å². The molecule has 4 heteroatoms. The molecular formula is C11H11NO3. The van der Waals surface area contributed by atoms with Crippen molar-refractivity contribution < 1.29 is 14.3 Å². The molecule has 0 saturated carbocycles. The molecule has 0 aliphatic heterocycles. The molecule has 1 aromatic heterocycles. The summed E-state index contributed by atoms with van der Waals surface area (Å²) in [4.78, 5) is 11.4. The maximum atomic E-state index is 11.4. The first-order chi connectivity index (χ1) is 7.26. The Labute approximate surface area is 87.0 Å². The van der Waals surface area contributed by atoms with E-state index < -0.39 is 6.09 Å². The molecule has 15 heavy (non-hydrogen) atoms. The highest BCUT2D eigenvalue weighted by Gasteiger charge is 2.08. The molecule has 0 radical (unpaired) electrons. The van der Waals surface area contributed by atoms with Crippen LogP contribution in [-0.2, 0) is 4.74 Å². The van der Waals surface area contributed by atoms with Crippen molar-refractivity contribution in [2.45, 2.75) is 0 Å². The SMILES string of the molecule is COC(=O)n1ccc2cc(OC)ccc21. The third-order valence-corrected chi connectivity index (χ3v) is 2.27. The number of rotatable bonds is 1. The van der Waals surface area contributed by atoms with E-state index in [-0.39, 0.29) is 0 Å². The Balaban J connectivity index is 2.57. The second-order valence-electron chi connectivity index (χ2n) is 3.08. The van der Waals surface area contributed by atoms with Crippen LogP contribution in [0.1, 0.15) is 0 Å². The number of methoxy groups -OCH3 is 2. The van der Waals surface area contributed by atoms with E-state index in [0.717, 1.165) is 16.7 Å². The lowest BCUT2D eigenvalue weighted by Gasteiger charge is -2.02. The summed E-state index contributed by atoms with van der Waals surface area (Å²) >= 11 is 0. The smallest absolute Gasteiger partial charge is 0.418 e. The maximum absolute atomic E-state index is 11.4. The van der Waals surface area contributed by atoms with E-state index in [9.17, 15) is 4.79 Å². The van der Waals surface area contributed by atoms with Gasteiger partial charge in [-0.2, -0.15) is 0 Å². The highest BCUT2D eigenvalue weighted by Crippen LogP contribution is 2.21. The Hall–Kier alpha value is -1.97. The molecule has 4 nitrogen and oxygen atoms in total. The summed E-state index contributed by atoms with van der Waals surface area (Å²) < 4.78 is 11.2. The molecule has 0 fully saturated rings. The van der Waals surface area contributed by atoms with Crippen molar-refractivity contribution in [3.05, 3.63) is 30.5 Å². The Bertz CT molecular complexity index is 502. The van der Waals surface area contributed by atoms with Gasteiger partial charge in [0.05, 0.1) is 19.7 Å². The van der Waals surface area contributed by atoms with Crippen LogP contribution in [0.3, 0.4) is 0 Å². The minimum absolute atomic E-state index is 0.393.